The Hall–Kier alpha value is -2.22. The Morgan fingerprint density at radius 2 is 1.50 bits per heavy atom. The Balaban J connectivity index is 1.53. The highest BCUT2D eigenvalue weighted by Crippen LogP contribution is 2.22. The van der Waals surface area contributed by atoms with Crippen molar-refractivity contribution in [1.82, 2.24) is 9.62 Å². The second kappa shape index (κ2) is 7.57. The zero-order valence-corrected chi connectivity index (χ0v) is 15.4. The molecule has 8 heteroatoms. The van der Waals surface area contributed by atoms with E-state index >= 15 is 0 Å². The topological polar surface area (TPSA) is 83.6 Å². The van der Waals surface area contributed by atoms with Crippen LogP contribution in [0.1, 0.15) is 26.3 Å². The lowest BCUT2D eigenvalue weighted by Crippen LogP contribution is -2.38. The van der Waals surface area contributed by atoms with Gasteiger partial charge in [0.2, 0.25) is 10.0 Å². The summed E-state index contributed by atoms with van der Waals surface area (Å²) < 4.78 is 26.8. The van der Waals surface area contributed by atoms with Crippen LogP contribution in [0.5, 0.6) is 0 Å². The fourth-order valence-electron chi connectivity index (χ4n) is 2.73. The maximum atomic E-state index is 12.2. The lowest BCUT2D eigenvalue weighted by Gasteiger charge is -2.14. The van der Waals surface area contributed by atoms with E-state index in [1.165, 1.54) is 0 Å². The number of carbonyl (C=O) groups excluding carboxylic acids is 2. The maximum absolute atomic E-state index is 12.2. The molecule has 136 valence electrons. The molecule has 2 aromatic carbocycles. The molecule has 1 heterocycles. The smallest absolute Gasteiger partial charge is 0.261 e. The van der Waals surface area contributed by atoms with Crippen molar-refractivity contribution in [3.63, 3.8) is 0 Å². The number of nitrogens with one attached hydrogen (secondary N) is 1. The summed E-state index contributed by atoms with van der Waals surface area (Å²) in [6.45, 7) is 0.0503. The average molecular weight is 393 g/mol. The fourth-order valence-corrected chi connectivity index (χ4v) is 3.83. The van der Waals surface area contributed by atoms with Gasteiger partial charge in [-0.1, -0.05) is 35.9 Å². The normalized spacial score (nSPS) is 14.0. The van der Waals surface area contributed by atoms with Crippen molar-refractivity contribution in [2.24, 2.45) is 0 Å². The minimum Gasteiger partial charge on any atom is -0.273 e. The Morgan fingerprint density at radius 3 is 2.08 bits per heavy atom. The summed E-state index contributed by atoms with van der Waals surface area (Å²) in [6.07, 6.45) is 0.517. The second-order valence-electron chi connectivity index (χ2n) is 5.90. The lowest BCUT2D eigenvalue weighted by molar-refractivity contribution is 0.0664. The van der Waals surface area contributed by atoms with Gasteiger partial charge in [0, 0.05) is 18.1 Å². The number of benzene rings is 2. The van der Waals surface area contributed by atoms with Gasteiger partial charge in [-0.3, -0.25) is 14.5 Å². The van der Waals surface area contributed by atoms with Gasteiger partial charge in [0.1, 0.15) is 0 Å². The van der Waals surface area contributed by atoms with E-state index in [2.05, 4.69) is 4.72 Å². The molecule has 2 aromatic rings. The molecule has 0 radical (unpaired) electrons. The first-order chi connectivity index (χ1) is 12.4. The fraction of sp³-hybridized carbons (Fsp3) is 0.222. The summed E-state index contributed by atoms with van der Waals surface area (Å²) in [5, 5.41) is 0.621. The third-order valence-corrected chi connectivity index (χ3v) is 5.73. The number of halogens is 1. The summed E-state index contributed by atoms with van der Waals surface area (Å²) in [6, 6.07) is 13.6. The minimum atomic E-state index is -3.60. The first-order valence-electron chi connectivity index (χ1n) is 8.04. The molecular weight excluding hydrogens is 376 g/mol. The van der Waals surface area contributed by atoms with Gasteiger partial charge in [-0.05, 0) is 36.2 Å². The first kappa shape index (κ1) is 18.6. The Morgan fingerprint density at radius 1 is 0.923 bits per heavy atom. The molecule has 0 saturated carbocycles. The summed E-state index contributed by atoms with van der Waals surface area (Å²) in [5.74, 6) is -1.25. The molecule has 1 aliphatic heterocycles. The number of hydrogen-bond donors (Lipinski definition) is 1. The van der Waals surface area contributed by atoms with E-state index in [1.807, 2.05) is 12.1 Å². The zero-order chi connectivity index (χ0) is 18.7. The van der Waals surface area contributed by atoms with Crippen molar-refractivity contribution in [3.8, 4) is 0 Å². The van der Waals surface area contributed by atoms with Gasteiger partial charge in [0.25, 0.3) is 11.8 Å². The van der Waals surface area contributed by atoms with E-state index in [4.69, 9.17) is 11.6 Å². The van der Waals surface area contributed by atoms with Crippen LogP contribution in [0.2, 0.25) is 5.02 Å². The van der Waals surface area contributed by atoms with E-state index in [0.29, 0.717) is 22.6 Å². The van der Waals surface area contributed by atoms with Crippen LogP contribution in [0.15, 0.2) is 48.5 Å². The summed E-state index contributed by atoms with van der Waals surface area (Å²) in [7, 11) is -3.60. The molecule has 1 N–H and O–H groups in total. The SMILES string of the molecule is O=C1c2ccccc2C(=O)N1CCS(=O)(=O)NCCc1ccc(Cl)cc1. The average Bonchev–Trinajstić information content (AvgIpc) is 2.86. The largest absolute Gasteiger partial charge is 0.273 e. The number of rotatable bonds is 7. The minimum absolute atomic E-state index is 0.178. The zero-order valence-electron chi connectivity index (χ0n) is 13.8. The lowest BCUT2D eigenvalue weighted by atomic mass is 10.1. The summed E-state index contributed by atoms with van der Waals surface area (Å²) in [4.78, 5) is 25.4. The third kappa shape index (κ3) is 4.12. The number of imide groups is 1. The van der Waals surface area contributed by atoms with Crippen LogP contribution in [0.4, 0.5) is 0 Å². The standard InChI is InChI=1S/C18H17ClN2O4S/c19-14-7-5-13(6-8-14)9-10-20-26(24,25)12-11-21-17(22)15-3-1-2-4-16(15)18(21)23/h1-8,20H,9-12H2. The molecule has 0 bridgehead atoms. The van der Waals surface area contributed by atoms with Crippen LogP contribution in [0, 0.1) is 0 Å². The van der Waals surface area contributed by atoms with E-state index in [0.717, 1.165) is 10.5 Å². The Bertz CT molecular complexity index is 907. The van der Waals surface area contributed by atoms with Gasteiger partial charge >= 0.3 is 0 Å². The molecule has 2 amide bonds. The van der Waals surface area contributed by atoms with Crippen LogP contribution in [0.3, 0.4) is 0 Å². The molecule has 3 rings (SSSR count). The summed E-state index contributed by atoms with van der Waals surface area (Å²) >= 11 is 5.81. The van der Waals surface area contributed by atoms with Crippen molar-refractivity contribution in [1.29, 1.82) is 0 Å². The van der Waals surface area contributed by atoms with Crippen molar-refractivity contribution in [2.45, 2.75) is 6.42 Å². The summed E-state index contributed by atoms with van der Waals surface area (Å²) in [5.41, 5.74) is 1.58. The second-order valence-corrected chi connectivity index (χ2v) is 8.26. The van der Waals surface area contributed by atoms with Crippen molar-refractivity contribution < 1.29 is 18.0 Å². The van der Waals surface area contributed by atoms with E-state index in [1.54, 1.807) is 36.4 Å². The monoisotopic (exact) mass is 392 g/mol. The van der Waals surface area contributed by atoms with E-state index in [-0.39, 0.29) is 18.8 Å². The number of amides is 2. The molecule has 0 aromatic heterocycles. The van der Waals surface area contributed by atoms with Crippen LogP contribution in [-0.4, -0.2) is 44.0 Å². The van der Waals surface area contributed by atoms with Crippen molar-refractivity contribution in [2.75, 3.05) is 18.8 Å². The molecule has 0 fully saturated rings. The molecule has 0 unspecified atom stereocenters. The van der Waals surface area contributed by atoms with Gasteiger partial charge in [-0.25, -0.2) is 13.1 Å². The van der Waals surface area contributed by atoms with Gasteiger partial charge in [0.05, 0.1) is 16.9 Å². The van der Waals surface area contributed by atoms with Gasteiger partial charge in [-0.2, -0.15) is 0 Å². The highest BCUT2D eigenvalue weighted by molar-refractivity contribution is 7.89. The highest BCUT2D eigenvalue weighted by atomic mass is 35.5. The number of nitrogens with zero attached hydrogens (tertiary/aromatic N) is 1. The predicted octanol–water partition coefficient (Wildman–Crippen LogP) is 2.10. The van der Waals surface area contributed by atoms with Gasteiger partial charge in [0.15, 0.2) is 0 Å². The Labute approximate surface area is 156 Å². The molecule has 6 nitrogen and oxygen atoms in total. The predicted molar refractivity (Wildman–Crippen MR) is 98.8 cm³/mol. The van der Waals surface area contributed by atoms with Gasteiger partial charge in [-0.15, -0.1) is 0 Å². The number of sulfonamides is 1. The van der Waals surface area contributed by atoms with Crippen LogP contribution >= 0.6 is 11.6 Å². The third-order valence-electron chi connectivity index (χ3n) is 4.11. The molecular formula is C18H17ClN2O4S. The molecule has 0 saturated heterocycles. The molecule has 0 aliphatic carbocycles. The molecule has 1 aliphatic rings. The number of hydrogen-bond acceptors (Lipinski definition) is 4. The number of fused-ring (bicyclic) bond motifs is 1. The first-order valence-corrected chi connectivity index (χ1v) is 10.1. The van der Waals surface area contributed by atoms with Crippen LogP contribution < -0.4 is 4.72 Å². The number of carbonyl (C=O) groups is 2. The quantitative estimate of drug-likeness (QED) is 0.731. The van der Waals surface area contributed by atoms with Gasteiger partial charge < -0.3 is 0 Å². The molecule has 0 spiro atoms. The highest BCUT2D eigenvalue weighted by Gasteiger charge is 2.35. The molecule has 26 heavy (non-hydrogen) atoms. The molecule has 0 atom stereocenters. The van der Waals surface area contributed by atoms with Crippen LogP contribution in [0.25, 0.3) is 0 Å². The van der Waals surface area contributed by atoms with E-state index < -0.39 is 21.8 Å². The van der Waals surface area contributed by atoms with Crippen LogP contribution in [-0.2, 0) is 16.4 Å². The maximum Gasteiger partial charge on any atom is 0.261 e. The Kier molecular flexibility index (Phi) is 5.41. The van der Waals surface area contributed by atoms with Crippen molar-refractivity contribution in [3.05, 3.63) is 70.2 Å². The van der Waals surface area contributed by atoms with E-state index in [9.17, 15) is 18.0 Å². The van der Waals surface area contributed by atoms with Crippen molar-refractivity contribution >= 4 is 33.4 Å².